The molecule has 1 aromatic carbocycles. The van der Waals surface area contributed by atoms with Gasteiger partial charge in [-0.1, -0.05) is 30.3 Å². The maximum atomic E-state index is 11.9. The third-order valence-corrected chi connectivity index (χ3v) is 3.80. The van der Waals surface area contributed by atoms with E-state index in [0.29, 0.717) is 12.5 Å². The van der Waals surface area contributed by atoms with Crippen molar-refractivity contribution in [2.45, 2.75) is 18.9 Å². The molecule has 1 saturated heterocycles. The number of nitrogens with zero attached hydrogens (tertiary/aromatic N) is 2. The third kappa shape index (κ3) is 3.28. The minimum atomic E-state index is -0.260. The normalized spacial score (nSPS) is 17.4. The van der Waals surface area contributed by atoms with Crippen LogP contribution >= 0.6 is 0 Å². The smallest absolute Gasteiger partial charge is 0.321 e. The van der Waals surface area contributed by atoms with Crippen LogP contribution in [0.3, 0.4) is 0 Å². The Morgan fingerprint density at radius 1 is 1.41 bits per heavy atom. The summed E-state index contributed by atoms with van der Waals surface area (Å²) < 4.78 is 7.34. The third-order valence-electron chi connectivity index (χ3n) is 3.80. The average molecular weight is 300 g/mol. The largest absolute Gasteiger partial charge is 0.376 e. The second kappa shape index (κ2) is 6.62. The molecule has 2 heterocycles. The molecule has 1 aliphatic heterocycles. The van der Waals surface area contributed by atoms with Gasteiger partial charge < -0.3 is 14.6 Å². The highest BCUT2D eigenvalue weighted by Crippen LogP contribution is 2.21. The molecule has 0 spiro atoms. The zero-order valence-corrected chi connectivity index (χ0v) is 12.6. The molecule has 1 fully saturated rings. The molecule has 3 rings (SSSR count). The van der Waals surface area contributed by atoms with Crippen molar-refractivity contribution < 1.29 is 9.53 Å². The van der Waals surface area contributed by atoms with Crippen molar-refractivity contribution in [2.24, 2.45) is 7.05 Å². The number of rotatable bonds is 4. The quantitative estimate of drug-likeness (QED) is 0.911. The SMILES string of the molecule is Cn1c(-c2ccccc2)cnc1NC(=O)NCC1CCCO1. The first-order valence-corrected chi connectivity index (χ1v) is 7.47. The fourth-order valence-electron chi connectivity index (χ4n) is 2.56. The van der Waals surface area contributed by atoms with Gasteiger partial charge in [-0.3, -0.25) is 5.32 Å². The summed E-state index contributed by atoms with van der Waals surface area (Å²) in [6.45, 7) is 1.32. The molecule has 6 heteroatoms. The Morgan fingerprint density at radius 2 is 2.23 bits per heavy atom. The average Bonchev–Trinajstić information content (AvgIpc) is 3.17. The molecule has 1 unspecified atom stereocenters. The molecule has 2 N–H and O–H groups in total. The number of carbonyl (C=O) groups is 1. The lowest BCUT2D eigenvalue weighted by atomic mass is 10.2. The minimum Gasteiger partial charge on any atom is -0.376 e. The van der Waals surface area contributed by atoms with Gasteiger partial charge in [0.25, 0.3) is 0 Å². The van der Waals surface area contributed by atoms with Gasteiger partial charge in [-0.2, -0.15) is 0 Å². The number of hydrogen-bond acceptors (Lipinski definition) is 3. The molecule has 0 bridgehead atoms. The lowest BCUT2D eigenvalue weighted by Gasteiger charge is -2.12. The van der Waals surface area contributed by atoms with Gasteiger partial charge in [0.05, 0.1) is 18.0 Å². The van der Waals surface area contributed by atoms with E-state index in [2.05, 4.69) is 15.6 Å². The monoisotopic (exact) mass is 300 g/mol. The van der Waals surface area contributed by atoms with Crippen molar-refractivity contribution in [2.75, 3.05) is 18.5 Å². The zero-order valence-electron chi connectivity index (χ0n) is 12.6. The van der Waals surface area contributed by atoms with Gasteiger partial charge in [0.15, 0.2) is 0 Å². The fraction of sp³-hybridized carbons (Fsp3) is 0.375. The van der Waals surface area contributed by atoms with Crippen LogP contribution in [0.2, 0.25) is 0 Å². The van der Waals surface area contributed by atoms with Crippen LogP contribution in [0.25, 0.3) is 11.3 Å². The Kier molecular flexibility index (Phi) is 4.39. The van der Waals surface area contributed by atoms with Crippen molar-refractivity contribution in [3.8, 4) is 11.3 Å². The lowest BCUT2D eigenvalue weighted by Crippen LogP contribution is -2.35. The van der Waals surface area contributed by atoms with Crippen molar-refractivity contribution in [1.29, 1.82) is 0 Å². The summed E-state index contributed by atoms with van der Waals surface area (Å²) in [7, 11) is 1.88. The van der Waals surface area contributed by atoms with Crippen LogP contribution in [0.5, 0.6) is 0 Å². The molecule has 2 amide bonds. The van der Waals surface area contributed by atoms with E-state index in [-0.39, 0.29) is 12.1 Å². The van der Waals surface area contributed by atoms with E-state index in [4.69, 9.17) is 4.74 Å². The van der Waals surface area contributed by atoms with Gasteiger partial charge in [-0.25, -0.2) is 9.78 Å². The number of benzene rings is 1. The molecule has 0 saturated carbocycles. The van der Waals surface area contributed by atoms with Gasteiger partial charge in [-0.15, -0.1) is 0 Å². The van der Waals surface area contributed by atoms with Crippen LogP contribution in [-0.2, 0) is 11.8 Å². The van der Waals surface area contributed by atoms with Crippen LogP contribution in [0.4, 0.5) is 10.7 Å². The van der Waals surface area contributed by atoms with Gasteiger partial charge in [0, 0.05) is 20.2 Å². The van der Waals surface area contributed by atoms with E-state index in [1.807, 2.05) is 41.9 Å². The molecular formula is C16H20N4O2. The second-order valence-corrected chi connectivity index (χ2v) is 5.36. The van der Waals surface area contributed by atoms with E-state index < -0.39 is 0 Å². The van der Waals surface area contributed by atoms with Crippen molar-refractivity contribution in [3.05, 3.63) is 36.5 Å². The predicted octanol–water partition coefficient (Wildman–Crippen LogP) is 2.39. The lowest BCUT2D eigenvalue weighted by molar-refractivity contribution is 0.112. The van der Waals surface area contributed by atoms with Gasteiger partial charge >= 0.3 is 6.03 Å². The maximum Gasteiger partial charge on any atom is 0.321 e. The summed E-state index contributed by atoms with van der Waals surface area (Å²) in [6.07, 6.45) is 3.95. The summed E-state index contributed by atoms with van der Waals surface area (Å²) in [5.74, 6) is 0.517. The first kappa shape index (κ1) is 14.6. The number of ether oxygens (including phenoxy) is 1. The number of urea groups is 1. The second-order valence-electron chi connectivity index (χ2n) is 5.36. The Labute approximate surface area is 129 Å². The van der Waals surface area contributed by atoms with Crippen LogP contribution < -0.4 is 10.6 Å². The molecule has 0 radical (unpaired) electrons. The number of aromatic nitrogens is 2. The van der Waals surface area contributed by atoms with E-state index in [9.17, 15) is 4.79 Å². The first-order valence-electron chi connectivity index (χ1n) is 7.47. The number of nitrogens with one attached hydrogen (secondary N) is 2. The van der Waals surface area contributed by atoms with E-state index in [1.54, 1.807) is 6.20 Å². The fourth-order valence-corrected chi connectivity index (χ4v) is 2.56. The maximum absolute atomic E-state index is 11.9. The van der Waals surface area contributed by atoms with Crippen LogP contribution in [0.15, 0.2) is 36.5 Å². The number of carbonyl (C=O) groups excluding carboxylic acids is 1. The van der Waals surface area contributed by atoms with E-state index >= 15 is 0 Å². The Bertz CT molecular complexity index is 633. The Morgan fingerprint density at radius 3 is 2.95 bits per heavy atom. The first-order chi connectivity index (χ1) is 10.7. The Balaban J connectivity index is 1.61. The molecule has 1 aliphatic rings. The molecule has 2 aromatic rings. The number of anilines is 1. The number of imidazole rings is 1. The highest BCUT2D eigenvalue weighted by Gasteiger charge is 2.17. The van der Waals surface area contributed by atoms with Crippen molar-refractivity contribution in [1.82, 2.24) is 14.9 Å². The summed E-state index contributed by atoms with van der Waals surface area (Å²) in [5.41, 5.74) is 2.01. The van der Waals surface area contributed by atoms with E-state index in [0.717, 1.165) is 30.7 Å². The molecule has 6 nitrogen and oxygen atoms in total. The summed E-state index contributed by atoms with van der Waals surface area (Å²) in [6, 6.07) is 9.69. The standard InChI is InChI=1S/C16H20N4O2/c1-20-14(12-6-3-2-4-7-12)11-17-15(20)19-16(21)18-10-13-8-5-9-22-13/h2-4,6-7,11,13H,5,8-10H2,1H3,(H2,17,18,19,21). The highest BCUT2D eigenvalue weighted by molar-refractivity contribution is 5.88. The summed E-state index contributed by atoms with van der Waals surface area (Å²) >= 11 is 0. The molecule has 1 aromatic heterocycles. The topological polar surface area (TPSA) is 68.2 Å². The minimum absolute atomic E-state index is 0.131. The van der Waals surface area contributed by atoms with Crippen LogP contribution in [0, 0.1) is 0 Å². The molecule has 116 valence electrons. The summed E-state index contributed by atoms with van der Waals surface area (Å²) in [5, 5.41) is 5.59. The van der Waals surface area contributed by atoms with Crippen LogP contribution in [-0.4, -0.2) is 34.8 Å². The highest BCUT2D eigenvalue weighted by atomic mass is 16.5. The van der Waals surface area contributed by atoms with Crippen molar-refractivity contribution >= 4 is 12.0 Å². The van der Waals surface area contributed by atoms with Crippen LogP contribution in [0.1, 0.15) is 12.8 Å². The zero-order chi connectivity index (χ0) is 15.4. The van der Waals surface area contributed by atoms with Gasteiger partial charge in [0.2, 0.25) is 5.95 Å². The van der Waals surface area contributed by atoms with Crippen molar-refractivity contribution in [3.63, 3.8) is 0 Å². The predicted molar refractivity (Wildman–Crippen MR) is 84.6 cm³/mol. The number of hydrogen-bond donors (Lipinski definition) is 2. The molecule has 0 aliphatic carbocycles. The van der Waals surface area contributed by atoms with Gasteiger partial charge in [0.1, 0.15) is 0 Å². The summed E-state index contributed by atoms with van der Waals surface area (Å²) in [4.78, 5) is 16.2. The van der Waals surface area contributed by atoms with E-state index in [1.165, 1.54) is 0 Å². The number of amides is 2. The molecular weight excluding hydrogens is 280 g/mol. The Hall–Kier alpha value is -2.34. The molecule has 1 atom stereocenters. The molecule has 22 heavy (non-hydrogen) atoms. The van der Waals surface area contributed by atoms with Gasteiger partial charge in [-0.05, 0) is 18.4 Å².